The summed E-state index contributed by atoms with van der Waals surface area (Å²) in [5.74, 6) is -0.586. The largest absolute Gasteiger partial charge is 0.393 e. The van der Waals surface area contributed by atoms with Crippen LogP contribution >= 0.6 is 12.2 Å². The van der Waals surface area contributed by atoms with E-state index in [1.54, 1.807) is 0 Å². The first-order valence-corrected chi connectivity index (χ1v) is 7.40. The van der Waals surface area contributed by atoms with E-state index < -0.39 is 5.92 Å². The Morgan fingerprint density at radius 2 is 2.14 bits per heavy atom. The van der Waals surface area contributed by atoms with Crippen molar-refractivity contribution < 1.29 is 4.79 Å². The highest BCUT2D eigenvalue weighted by Crippen LogP contribution is 2.24. The number of hydrogen-bond donors (Lipinski definition) is 2. The second-order valence-electron chi connectivity index (χ2n) is 5.06. The van der Waals surface area contributed by atoms with Crippen LogP contribution in [0, 0.1) is 12.8 Å². The Balaban J connectivity index is 2.34. The highest BCUT2D eigenvalue weighted by molar-refractivity contribution is 7.80. The minimum absolute atomic E-state index is 0.153. The van der Waals surface area contributed by atoms with Gasteiger partial charge in [0.2, 0.25) is 5.91 Å². The quantitative estimate of drug-likeness (QED) is 0.832. The highest BCUT2D eigenvalue weighted by atomic mass is 32.1. The molecule has 2 rings (SSSR count). The van der Waals surface area contributed by atoms with Gasteiger partial charge in [0.25, 0.3) is 0 Å². The Kier molecular flexibility index (Phi) is 4.85. The molecule has 0 aliphatic rings. The van der Waals surface area contributed by atoms with E-state index in [0.717, 1.165) is 28.7 Å². The molecule has 0 fully saturated rings. The second-order valence-corrected chi connectivity index (χ2v) is 5.53. The Hall–Kier alpha value is -2.01. The number of rotatable bonds is 5. The van der Waals surface area contributed by atoms with E-state index in [1.165, 1.54) is 0 Å². The van der Waals surface area contributed by atoms with Crippen LogP contribution in [0.2, 0.25) is 0 Å². The SMILES string of the molecule is CCCC(C(=O)Nc1cc(C)nc2ccccc12)C(N)=S. The molecule has 4 nitrogen and oxygen atoms in total. The minimum atomic E-state index is -0.433. The summed E-state index contributed by atoms with van der Waals surface area (Å²) in [5, 5.41) is 3.86. The monoisotopic (exact) mass is 301 g/mol. The van der Waals surface area contributed by atoms with Crippen molar-refractivity contribution >= 4 is 39.7 Å². The fourth-order valence-corrected chi connectivity index (χ4v) is 2.55. The van der Waals surface area contributed by atoms with Gasteiger partial charge in [0, 0.05) is 11.1 Å². The van der Waals surface area contributed by atoms with Crippen molar-refractivity contribution in [2.45, 2.75) is 26.7 Å². The van der Waals surface area contributed by atoms with Gasteiger partial charge < -0.3 is 11.1 Å². The highest BCUT2D eigenvalue weighted by Gasteiger charge is 2.21. The maximum absolute atomic E-state index is 12.4. The van der Waals surface area contributed by atoms with Crippen LogP contribution in [0.1, 0.15) is 25.5 Å². The van der Waals surface area contributed by atoms with Gasteiger partial charge in [0.15, 0.2) is 0 Å². The van der Waals surface area contributed by atoms with Crippen LogP contribution in [-0.4, -0.2) is 15.9 Å². The smallest absolute Gasteiger partial charge is 0.234 e. The molecule has 1 heterocycles. The molecule has 3 N–H and O–H groups in total. The van der Waals surface area contributed by atoms with Crippen LogP contribution in [0.3, 0.4) is 0 Å². The van der Waals surface area contributed by atoms with Crippen LogP contribution in [0.4, 0.5) is 5.69 Å². The van der Waals surface area contributed by atoms with Gasteiger partial charge in [-0.3, -0.25) is 9.78 Å². The number of fused-ring (bicyclic) bond motifs is 1. The van der Waals surface area contributed by atoms with Gasteiger partial charge in [-0.2, -0.15) is 0 Å². The van der Waals surface area contributed by atoms with E-state index in [0.29, 0.717) is 6.42 Å². The Morgan fingerprint density at radius 1 is 1.43 bits per heavy atom. The lowest BCUT2D eigenvalue weighted by Gasteiger charge is -2.16. The predicted molar refractivity (Wildman–Crippen MR) is 90.3 cm³/mol. The molecule has 2 aromatic rings. The number of amides is 1. The maximum atomic E-state index is 12.4. The zero-order valence-corrected chi connectivity index (χ0v) is 13.0. The van der Waals surface area contributed by atoms with Crippen LogP contribution in [0.15, 0.2) is 30.3 Å². The molecule has 0 aliphatic carbocycles. The summed E-state index contributed by atoms with van der Waals surface area (Å²) in [4.78, 5) is 17.1. The number of nitrogens with one attached hydrogen (secondary N) is 1. The van der Waals surface area contributed by atoms with E-state index >= 15 is 0 Å². The number of nitrogens with zero attached hydrogens (tertiary/aromatic N) is 1. The number of thiocarbonyl (C=S) groups is 1. The molecule has 1 unspecified atom stereocenters. The second kappa shape index (κ2) is 6.63. The normalized spacial score (nSPS) is 12.1. The van der Waals surface area contributed by atoms with Crippen molar-refractivity contribution in [3.05, 3.63) is 36.0 Å². The lowest BCUT2D eigenvalue weighted by Crippen LogP contribution is -2.33. The number of hydrogen-bond acceptors (Lipinski definition) is 3. The van der Waals surface area contributed by atoms with Crippen molar-refractivity contribution in [2.24, 2.45) is 11.7 Å². The Labute approximate surface area is 129 Å². The van der Waals surface area contributed by atoms with Gasteiger partial charge in [-0.1, -0.05) is 43.8 Å². The summed E-state index contributed by atoms with van der Waals surface area (Å²) >= 11 is 5.00. The molecule has 5 heteroatoms. The molecule has 0 saturated carbocycles. The molecule has 1 aromatic heterocycles. The summed E-state index contributed by atoms with van der Waals surface area (Å²) in [6.07, 6.45) is 1.51. The number of pyridine rings is 1. The first-order chi connectivity index (χ1) is 10.0. The van der Waals surface area contributed by atoms with Crippen molar-refractivity contribution in [1.82, 2.24) is 4.98 Å². The van der Waals surface area contributed by atoms with Gasteiger partial charge >= 0.3 is 0 Å². The molecule has 0 radical (unpaired) electrons. The Bertz CT molecular complexity index is 684. The molecule has 21 heavy (non-hydrogen) atoms. The zero-order chi connectivity index (χ0) is 15.4. The summed E-state index contributed by atoms with van der Waals surface area (Å²) < 4.78 is 0. The standard InChI is InChI=1S/C16H19N3OS/c1-3-6-12(15(17)21)16(20)19-14-9-10(2)18-13-8-5-4-7-11(13)14/h4-5,7-9,12H,3,6H2,1-2H3,(H2,17,21)(H,18,19,20). The molecule has 0 spiro atoms. The number of anilines is 1. The lowest BCUT2D eigenvalue weighted by atomic mass is 10.0. The number of benzene rings is 1. The predicted octanol–water partition coefficient (Wildman–Crippen LogP) is 3.18. The zero-order valence-electron chi connectivity index (χ0n) is 12.2. The first kappa shape index (κ1) is 15.4. The van der Waals surface area contributed by atoms with Crippen molar-refractivity contribution in [3.63, 3.8) is 0 Å². The molecule has 1 atom stereocenters. The number of aromatic nitrogens is 1. The van der Waals surface area contributed by atoms with E-state index in [4.69, 9.17) is 18.0 Å². The van der Waals surface area contributed by atoms with Gasteiger partial charge in [-0.05, 0) is 25.5 Å². The molecule has 0 saturated heterocycles. The van der Waals surface area contributed by atoms with Crippen LogP contribution < -0.4 is 11.1 Å². The third-order valence-electron chi connectivity index (χ3n) is 3.34. The number of aryl methyl sites for hydroxylation is 1. The number of para-hydroxylation sites is 1. The molecule has 110 valence electrons. The number of carbonyl (C=O) groups is 1. The average molecular weight is 301 g/mol. The fourth-order valence-electron chi connectivity index (χ4n) is 2.32. The van der Waals surface area contributed by atoms with Crippen LogP contribution in [0.25, 0.3) is 10.9 Å². The van der Waals surface area contributed by atoms with Crippen molar-refractivity contribution in [1.29, 1.82) is 0 Å². The summed E-state index contributed by atoms with van der Waals surface area (Å²) in [7, 11) is 0. The third kappa shape index (κ3) is 3.55. The molecule has 0 aliphatic heterocycles. The summed E-state index contributed by atoms with van der Waals surface area (Å²) in [6.45, 7) is 3.91. The summed E-state index contributed by atoms with van der Waals surface area (Å²) in [6, 6.07) is 9.58. The molecule has 1 aromatic carbocycles. The number of carbonyl (C=O) groups excluding carboxylic acids is 1. The van der Waals surface area contributed by atoms with Crippen molar-refractivity contribution in [3.8, 4) is 0 Å². The van der Waals surface area contributed by atoms with Crippen LogP contribution in [0.5, 0.6) is 0 Å². The first-order valence-electron chi connectivity index (χ1n) is 6.99. The van der Waals surface area contributed by atoms with Crippen LogP contribution in [-0.2, 0) is 4.79 Å². The molecule has 1 amide bonds. The molecular weight excluding hydrogens is 282 g/mol. The van der Waals surface area contributed by atoms with Gasteiger partial charge in [-0.25, -0.2) is 0 Å². The minimum Gasteiger partial charge on any atom is -0.393 e. The Morgan fingerprint density at radius 3 is 2.81 bits per heavy atom. The van der Waals surface area contributed by atoms with Gasteiger partial charge in [-0.15, -0.1) is 0 Å². The van der Waals surface area contributed by atoms with E-state index in [2.05, 4.69) is 10.3 Å². The van der Waals surface area contributed by atoms with E-state index in [9.17, 15) is 4.79 Å². The number of nitrogens with two attached hydrogens (primary N) is 1. The fraction of sp³-hybridized carbons (Fsp3) is 0.312. The van der Waals surface area contributed by atoms with Gasteiger partial charge in [0.05, 0.1) is 22.1 Å². The van der Waals surface area contributed by atoms with Crippen molar-refractivity contribution in [2.75, 3.05) is 5.32 Å². The average Bonchev–Trinajstić information content (AvgIpc) is 2.44. The topological polar surface area (TPSA) is 68.0 Å². The van der Waals surface area contributed by atoms with E-state index in [1.807, 2.05) is 44.2 Å². The maximum Gasteiger partial charge on any atom is 0.234 e. The third-order valence-corrected chi connectivity index (χ3v) is 3.62. The van der Waals surface area contributed by atoms with Gasteiger partial charge in [0.1, 0.15) is 0 Å². The lowest BCUT2D eigenvalue weighted by molar-refractivity contribution is -0.118. The summed E-state index contributed by atoms with van der Waals surface area (Å²) in [5.41, 5.74) is 8.14. The van der Waals surface area contributed by atoms with E-state index in [-0.39, 0.29) is 10.9 Å². The molecular formula is C16H19N3OS. The molecule has 0 bridgehead atoms.